The Hall–Kier alpha value is -3.37. The van der Waals surface area contributed by atoms with Crippen LogP contribution in [0.2, 0.25) is 0 Å². The summed E-state index contributed by atoms with van der Waals surface area (Å²) < 4.78 is 1.30. The molecule has 35 heavy (non-hydrogen) atoms. The maximum absolute atomic E-state index is 13.3. The second kappa shape index (κ2) is 10.1. The zero-order chi connectivity index (χ0) is 25.3. The van der Waals surface area contributed by atoms with E-state index in [1.165, 1.54) is 16.0 Å². The molecule has 3 heterocycles. The Labute approximate surface area is 208 Å². The Bertz CT molecular complexity index is 1350. The van der Waals surface area contributed by atoms with Crippen LogP contribution in [-0.2, 0) is 18.4 Å². The molecule has 0 aliphatic carbocycles. The van der Waals surface area contributed by atoms with E-state index < -0.39 is 0 Å². The van der Waals surface area contributed by atoms with Gasteiger partial charge in [0, 0.05) is 25.8 Å². The zero-order valence-corrected chi connectivity index (χ0v) is 21.2. The standard InChI is InChI=1S/C25H30N6O3S/c1-14-15(2)29-30(4)25(34)20(14)24-27-16(3)21(35-24)23(33)28-19-10-6-5-8-17(19)12-31-11-7-9-18(13-31)22(26)32/h5-6,8,10,18H,7,9,11-13H2,1-4H3,(H2,26,32)(H,28,33). The zero-order valence-electron chi connectivity index (χ0n) is 20.4. The van der Waals surface area contributed by atoms with Gasteiger partial charge in [0.15, 0.2) is 0 Å². The van der Waals surface area contributed by atoms with Gasteiger partial charge in [0.1, 0.15) is 9.88 Å². The first-order chi connectivity index (χ1) is 16.7. The molecule has 10 heteroatoms. The highest BCUT2D eigenvalue weighted by atomic mass is 32.1. The molecule has 1 saturated heterocycles. The van der Waals surface area contributed by atoms with E-state index in [0.717, 1.165) is 36.2 Å². The van der Waals surface area contributed by atoms with Crippen LogP contribution >= 0.6 is 11.3 Å². The van der Waals surface area contributed by atoms with Crippen molar-refractivity contribution in [3.63, 3.8) is 0 Å². The highest BCUT2D eigenvalue weighted by Gasteiger charge is 2.25. The fourth-order valence-electron chi connectivity index (χ4n) is 4.45. The lowest BCUT2D eigenvalue weighted by molar-refractivity contribution is -0.123. The maximum atomic E-state index is 13.3. The van der Waals surface area contributed by atoms with E-state index in [2.05, 4.69) is 20.3 Å². The molecule has 0 spiro atoms. The van der Waals surface area contributed by atoms with E-state index >= 15 is 0 Å². The molecule has 9 nitrogen and oxygen atoms in total. The maximum Gasteiger partial charge on any atom is 0.277 e. The van der Waals surface area contributed by atoms with Crippen molar-refractivity contribution >= 4 is 28.8 Å². The number of aryl methyl sites for hydroxylation is 3. The summed E-state index contributed by atoms with van der Waals surface area (Å²) in [5.41, 5.74) is 9.49. The largest absolute Gasteiger partial charge is 0.369 e. The van der Waals surface area contributed by atoms with Crippen molar-refractivity contribution in [2.75, 3.05) is 18.4 Å². The van der Waals surface area contributed by atoms with Crippen LogP contribution in [0.5, 0.6) is 0 Å². The number of likely N-dealkylation sites (tertiary alicyclic amines) is 1. The molecule has 3 aromatic rings. The summed E-state index contributed by atoms with van der Waals surface area (Å²) in [6.07, 6.45) is 1.73. The third-order valence-corrected chi connectivity index (χ3v) is 7.68. The fraction of sp³-hybridized carbons (Fsp3) is 0.400. The average Bonchev–Trinajstić information content (AvgIpc) is 3.20. The van der Waals surface area contributed by atoms with Gasteiger partial charge in [-0.05, 0) is 57.4 Å². The summed E-state index contributed by atoms with van der Waals surface area (Å²) in [5.74, 6) is -0.674. The summed E-state index contributed by atoms with van der Waals surface area (Å²) >= 11 is 1.20. The molecule has 0 radical (unpaired) electrons. The van der Waals surface area contributed by atoms with E-state index in [9.17, 15) is 14.4 Å². The second-order valence-electron chi connectivity index (χ2n) is 9.04. The molecular formula is C25H30N6O3S. The van der Waals surface area contributed by atoms with E-state index in [0.29, 0.717) is 39.9 Å². The van der Waals surface area contributed by atoms with Gasteiger partial charge in [-0.2, -0.15) is 5.10 Å². The van der Waals surface area contributed by atoms with Gasteiger partial charge >= 0.3 is 0 Å². The highest BCUT2D eigenvalue weighted by molar-refractivity contribution is 7.17. The molecule has 1 atom stereocenters. The normalized spacial score (nSPS) is 16.3. The van der Waals surface area contributed by atoms with Crippen molar-refractivity contribution < 1.29 is 9.59 Å². The van der Waals surface area contributed by atoms with Crippen molar-refractivity contribution in [2.24, 2.45) is 18.7 Å². The predicted octanol–water partition coefficient (Wildman–Crippen LogP) is 2.78. The number of anilines is 1. The molecule has 0 saturated carbocycles. The van der Waals surface area contributed by atoms with Gasteiger partial charge in [-0.25, -0.2) is 9.67 Å². The van der Waals surface area contributed by atoms with Crippen molar-refractivity contribution in [2.45, 2.75) is 40.2 Å². The van der Waals surface area contributed by atoms with Crippen LogP contribution < -0.4 is 16.6 Å². The van der Waals surface area contributed by atoms with Gasteiger partial charge in [0.2, 0.25) is 5.91 Å². The summed E-state index contributed by atoms with van der Waals surface area (Å²) in [4.78, 5) is 44.9. The number of carbonyl (C=O) groups excluding carboxylic acids is 2. The summed E-state index contributed by atoms with van der Waals surface area (Å²) in [7, 11) is 1.61. The molecular weight excluding hydrogens is 464 g/mol. The Morgan fingerprint density at radius 3 is 2.69 bits per heavy atom. The van der Waals surface area contributed by atoms with Crippen molar-refractivity contribution in [1.82, 2.24) is 19.7 Å². The predicted molar refractivity (Wildman–Crippen MR) is 136 cm³/mol. The number of benzene rings is 1. The number of nitrogens with zero attached hydrogens (tertiary/aromatic N) is 4. The fourth-order valence-corrected chi connectivity index (χ4v) is 5.50. The SMILES string of the molecule is Cc1nc(-c2c(C)c(C)nn(C)c2=O)sc1C(=O)Nc1ccccc1CN1CCCC(C(N)=O)C1. The Balaban J connectivity index is 1.57. The first kappa shape index (κ1) is 24.7. The van der Waals surface area contributed by atoms with Gasteiger partial charge in [0.25, 0.3) is 11.5 Å². The minimum atomic E-state index is -0.271. The van der Waals surface area contributed by atoms with E-state index in [1.807, 2.05) is 38.1 Å². The smallest absolute Gasteiger partial charge is 0.277 e. The molecule has 2 aromatic heterocycles. The number of amides is 2. The minimum absolute atomic E-state index is 0.142. The number of nitrogens with two attached hydrogens (primary N) is 1. The first-order valence-electron chi connectivity index (χ1n) is 11.6. The molecule has 1 aliphatic rings. The number of carbonyl (C=O) groups is 2. The average molecular weight is 495 g/mol. The number of para-hydroxylation sites is 1. The Morgan fingerprint density at radius 2 is 1.94 bits per heavy atom. The summed E-state index contributed by atoms with van der Waals surface area (Å²) in [5, 5.41) is 7.76. The van der Waals surface area contributed by atoms with E-state index in [-0.39, 0.29) is 23.3 Å². The van der Waals surface area contributed by atoms with Crippen LogP contribution in [0.25, 0.3) is 10.6 Å². The third kappa shape index (κ3) is 5.18. The Kier molecular flexibility index (Phi) is 7.13. The highest BCUT2D eigenvalue weighted by Crippen LogP contribution is 2.30. The van der Waals surface area contributed by atoms with E-state index in [4.69, 9.17) is 5.73 Å². The lowest BCUT2D eigenvalue weighted by Crippen LogP contribution is -2.40. The van der Waals surface area contributed by atoms with Gasteiger partial charge in [-0.3, -0.25) is 19.3 Å². The number of hydrogen-bond acceptors (Lipinski definition) is 7. The molecule has 0 bridgehead atoms. The number of rotatable bonds is 6. The van der Waals surface area contributed by atoms with Gasteiger partial charge < -0.3 is 11.1 Å². The van der Waals surface area contributed by atoms with Crippen LogP contribution in [0.15, 0.2) is 29.1 Å². The number of nitrogens with one attached hydrogen (secondary N) is 1. The number of hydrogen-bond donors (Lipinski definition) is 2. The van der Waals surface area contributed by atoms with Crippen LogP contribution in [0, 0.1) is 26.7 Å². The number of primary amides is 1. The first-order valence-corrected chi connectivity index (χ1v) is 12.4. The number of thiazole rings is 1. The lowest BCUT2D eigenvalue weighted by atomic mass is 9.97. The Morgan fingerprint density at radius 1 is 1.20 bits per heavy atom. The summed E-state index contributed by atoms with van der Waals surface area (Å²) in [6.45, 7) is 7.56. The van der Waals surface area contributed by atoms with Gasteiger partial charge in [-0.1, -0.05) is 18.2 Å². The van der Waals surface area contributed by atoms with Crippen molar-refractivity contribution in [1.29, 1.82) is 0 Å². The molecule has 1 aliphatic heterocycles. The quantitative estimate of drug-likeness (QED) is 0.543. The summed E-state index contributed by atoms with van der Waals surface area (Å²) in [6, 6.07) is 7.65. The number of aromatic nitrogens is 3. The molecule has 1 unspecified atom stereocenters. The van der Waals surface area contributed by atoms with Crippen molar-refractivity contribution in [3.05, 3.63) is 62.0 Å². The van der Waals surface area contributed by atoms with Crippen LogP contribution in [0.1, 0.15) is 45.0 Å². The molecule has 1 fully saturated rings. The molecule has 3 N–H and O–H groups in total. The molecule has 184 valence electrons. The van der Waals surface area contributed by atoms with E-state index in [1.54, 1.807) is 14.0 Å². The third-order valence-electron chi connectivity index (χ3n) is 6.51. The topological polar surface area (TPSA) is 123 Å². The van der Waals surface area contributed by atoms with Crippen LogP contribution in [0.3, 0.4) is 0 Å². The lowest BCUT2D eigenvalue weighted by Gasteiger charge is -2.31. The van der Waals surface area contributed by atoms with Gasteiger partial charge in [0.05, 0.1) is 22.9 Å². The minimum Gasteiger partial charge on any atom is -0.369 e. The second-order valence-corrected chi connectivity index (χ2v) is 10.0. The van der Waals surface area contributed by atoms with Crippen molar-refractivity contribution in [3.8, 4) is 10.6 Å². The number of piperidine rings is 1. The molecule has 1 aromatic carbocycles. The monoisotopic (exact) mass is 494 g/mol. The molecule has 4 rings (SSSR count). The van der Waals surface area contributed by atoms with Crippen LogP contribution in [-0.4, -0.2) is 44.6 Å². The van der Waals surface area contributed by atoms with Gasteiger partial charge in [-0.15, -0.1) is 11.3 Å². The molecule has 2 amide bonds. The van der Waals surface area contributed by atoms with Crippen LogP contribution in [0.4, 0.5) is 5.69 Å².